The van der Waals surface area contributed by atoms with Gasteiger partial charge < -0.3 is 25.4 Å². The van der Waals surface area contributed by atoms with E-state index in [1.165, 1.54) is 6.07 Å². The number of carboxylic acid groups (broad SMARTS) is 1. The van der Waals surface area contributed by atoms with Crippen molar-refractivity contribution in [2.24, 2.45) is 0 Å². The Hall–Kier alpha value is -1.89. The van der Waals surface area contributed by atoms with Crippen LogP contribution in [0.1, 0.15) is 22.2 Å². The lowest BCUT2D eigenvalue weighted by Gasteiger charge is -2.15. The molecule has 2 rings (SSSR count). The molecule has 0 aliphatic rings. The molecule has 0 amide bonds. The van der Waals surface area contributed by atoms with Crippen LogP contribution < -0.4 is 0 Å². The van der Waals surface area contributed by atoms with Gasteiger partial charge in [-0.15, -0.1) is 0 Å². The first kappa shape index (κ1) is 12.6. The van der Waals surface area contributed by atoms with Gasteiger partial charge in [0.2, 0.25) is 0 Å². The van der Waals surface area contributed by atoms with Gasteiger partial charge in [0.1, 0.15) is 17.9 Å². The maximum atomic E-state index is 10.8. The molecule has 0 fully saturated rings. The van der Waals surface area contributed by atoms with Crippen molar-refractivity contribution in [3.05, 3.63) is 35.5 Å². The van der Waals surface area contributed by atoms with Gasteiger partial charge in [0, 0.05) is 10.9 Å². The Kier molecular flexibility index (Phi) is 3.33. The van der Waals surface area contributed by atoms with Crippen LogP contribution in [0.2, 0.25) is 0 Å². The number of rotatable bonds is 4. The summed E-state index contributed by atoms with van der Waals surface area (Å²) in [7, 11) is 0. The minimum atomic E-state index is -1.26. The zero-order chi connectivity index (χ0) is 13.3. The van der Waals surface area contributed by atoms with Crippen LogP contribution in [-0.2, 0) is 0 Å². The number of fused-ring (bicyclic) bond motifs is 1. The Labute approximate surface area is 102 Å². The number of nitrogens with one attached hydrogen (secondary N) is 1. The van der Waals surface area contributed by atoms with Crippen LogP contribution in [0.5, 0.6) is 0 Å². The van der Waals surface area contributed by atoms with Crippen LogP contribution in [-0.4, -0.2) is 44.1 Å². The Morgan fingerprint density at radius 1 is 1.28 bits per heavy atom. The zero-order valence-electron chi connectivity index (χ0n) is 9.37. The van der Waals surface area contributed by atoms with E-state index in [0.29, 0.717) is 16.5 Å². The molecular formula is C12H13NO5. The molecule has 1 aromatic heterocycles. The van der Waals surface area contributed by atoms with Gasteiger partial charge >= 0.3 is 5.97 Å². The normalized spacial score (nSPS) is 14.6. The van der Waals surface area contributed by atoms with Crippen molar-refractivity contribution in [1.82, 2.24) is 4.98 Å². The van der Waals surface area contributed by atoms with Crippen LogP contribution >= 0.6 is 0 Å². The lowest BCUT2D eigenvalue weighted by atomic mass is 10.0. The summed E-state index contributed by atoms with van der Waals surface area (Å²) in [6, 6.07) is 6.19. The van der Waals surface area contributed by atoms with Crippen molar-refractivity contribution in [2.75, 3.05) is 6.61 Å². The number of carboxylic acids is 1. The molecule has 96 valence electrons. The van der Waals surface area contributed by atoms with Crippen molar-refractivity contribution in [2.45, 2.75) is 12.2 Å². The second kappa shape index (κ2) is 4.77. The van der Waals surface area contributed by atoms with Crippen LogP contribution in [0.25, 0.3) is 10.9 Å². The quantitative estimate of drug-likeness (QED) is 0.534. The van der Waals surface area contributed by atoms with Gasteiger partial charge in [0.25, 0.3) is 0 Å². The standard InChI is InChI=1S/C12H13NO5/c14-5-10(15)11(16)6-1-2-8-7(3-6)4-9(13-8)12(17)18/h1-4,10-11,13-16H,5H2,(H,17,18). The Morgan fingerprint density at radius 2 is 2.00 bits per heavy atom. The van der Waals surface area contributed by atoms with Crippen molar-refractivity contribution < 1.29 is 25.2 Å². The first-order chi connectivity index (χ1) is 8.52. The third kappa shape index (κ3) is 2.21. The SMILES string of the molecule is O=C(O)c1cc2cc(C(O)C(O)CO)ccc2[nH]1. The lowest BCUT2D eigenvalue weighted by Crippen LogP contribution is -2.21. The van der Waals surface area contributed by atoms with E-state index in [4.69, 9.17) is 10.2 Å². The van der Waals surface area contributed by atoms with E-state index in [1.54, 1.807) is 18.2 Å². The maximum absolute atomic E-state index is 10.8. The molecule has 18 heavy (non-hydrogen) atoms. The fourth-order valence-corrected chi connectivity index (χ4v) is 1.77. The monoisotopic (exact) mass is 251 g/mol. The predicted molar refractivity (Wildman–Crippen MR) is 63.3 cm³/mol. The van der Waals surface area contributed by atoms with Crippen LogP contribution in [0, 0.1) is 0 Å². The highest BCUT2D eigenvalue weighted by Crippen LogP contribution is 2.23. The number of aliphatic hydroxyl groups is 3. The summed E-state index contributed by atoms with van der Waals surface area (Å²) >= 11 is 0. The highest BCUT2D eigenvalue weighted by Gasteiger charge is 2.18. The molecule has 0 saturated carbocycles. The maximum Gasteiger partial charge on any atom is 0.352 e. The molecule has 1 heterocycles. The molecule has 0 bridgehead atoms. The zero-order valence-corrected chi connectivity index (χ0v) is 9.37. The van der Waals surface area contributed by atoms with Crippen molar-refractivity contribution in [3.63, 3.8) is 0 Å². The van der Waals surface area contributed by atoms with E-state index in [2.05, 4.69) is 4.98 Å². The number of hydrogen-bond donors (Lipinski definition) is 5. The predicted octanol–water partition coefficient (Wildman–Crippen LogP) is 0.253. The molecule has 2 aromatic rings. The fraction of sp³-hybridized carbons (Fsp3) is 0.250. The van der Waals surface area contributed by atoms with Gasteiger partial charge in [0.05, 0.1) is 6.61 Å². The smallest absolute Gasteiger partial charge is 0.352 e. The molecule has 0 aliphatic carbocycles. The van der Waals surface area contributed by atoms with Crippen molar-refractivity contribution >= 4 is 16.9 Å². The number of aromatic nitrogens is 1. The van der Waals surface area contributed by atoms with Gasteiger partial charge in [-0.25, -0.2) is 4.79 Å². The van der Waals surface area contributed by atoms with E-state index in [9.17, 15) is 15.0 Å². The molecule has 2 unspecified atom stereocenters. The summed E-state index contributed by atoms with van der Waals surface area (Å²) in [5, 5.41) is 37.3. The highest BCUT2D eigenvalue weighted by molar-refractivity contribution is 5.93. The number of H-pyrrole nitrogens is 1. The van der Waals surface area contributed by atoms with Gasteiger partial charge in [-0.1, -0.05) is 6.07 Å². The number of carbonyl (C=O) groups is 1. The third-order valence-electron chi connectivity index (χ3n) is 2.77. The average molecular weight is 251 g/mol. The molecular weight excluding hydrogens is 238 g/mol. The minimum absolute atomic E-state index is 0.0550. The number of aliphatic hydroxyl groups excluding tert-OH is 3. The Morgan fingerprint density at radius 3 is 2.61 bits per heavy atom. The van der Waals surface area contributed by atoms with Crippen LogP contribution in [0.3, 0.4) is 0 Å². The first-order valence-electron chi connectivity index (χ1n) is 5.36. The molecule has 0 aliphatic heterocycles. The minimum Gasteiger partial charge on any atom is -0.477 e. The largest absolute Gasteiger partial charge is 0.477 e. The summed E-state index contributed by atoms with van der Waals surface area (Å²) < 4.78 is 0. The molecule has 0 radical (unpaired) electrons. The average Bonchev–Trinajstić information content (AvgIpc) is 2.79. The number of hydrogen-bond acceptors (Lipinski definition) is 4. The topological polar surface area (TPSA) is 114 Å². The molecule has 0 saturated heterocycles. The van der Waals surface area contributed by atoms with E-state index < -0.39 is 24.8 Å². The fourth-order valence-electron chi connectivity index (χ4n) is 1.77. The summed E-state index contributed by atoms with van der Waals surface area (Å²) in [6.07, 6.45) is -2.47. The van der Waals surface area contributed by atoms with Crippen molar-refractivity contribution in [3.8, 4) is 0 Å². The number of aromatic carboxylic acids is 1. The molecule has 6 heteroatoms. The van der Waals surface area contributed by atoms with E-state index >= 15 is 0 Å². The second-order valence-corrected chi connectivity index (χ2v) is 4.03. The summed E-state index contributed by atoms with van der Waals surface area (Å²) in [5.41, 5.74) is 1.10. The summed E-state index contributed by atoms with van der Waals surface area (Å²) in [5.74, 6) is -1.07. The van der Waals surface area contributed by atoms with E-state index in [0.717, 1.165) is 0 Å². The molecule has 2 atom stereocenters. The van der Waals surface area contributed by atoms with Gasteiger partial charge in [0.15, 0.2) is 0 Å². The van der Waals surface area contributed by atoms with Gasteiger partial charge in [-0.2, -0.15) is 0 Å². The van der Waals surface area contributed by atoms with Crippen LogP contribution in [0.15, 0.2) is 24.3 Å². The Balaban J connectivity index is 2.40. The highest BCUT2D eigenvalue weighted by atomic mass is 16.4. The molecule has 6 nitrogen and oxygen atoms in total. The van der Waals surface area contributed by atoms with E-state index in [1.807, 2.05) is 0 Å². The Bertz CT molecular complexity index is 577. The van der Waals surface area contributed by atoms with Gasteiger partial charge in [-0.3, -0.25) is 0 Å². The number of benzene rings is 1. The summed E-state index contributed by atoms with van der Waals surface area (Å²) in [6.45, 7) is -0.549. The van der Waals surface area contributed by atoms with Crippen LogP contribution in [0.4, 0.5) is 0 Å². The van der Waals surface area contributed by atoms with Crippen molar-refractivity contribution in [1.29, 1.82) is 0 Å². The molecule has 5 N–H and O–H groups in total. The number of aromatic amines is 1. The van der Waals surface area contributed by atoms with E-state index in [-0.39, 0.29) is 5.69 Å². The second-order valence-electron chi connectivity index (χ2n) is 4.03. The first-order valence-corrected chi connectivity index (χ1v) is 5.36. The molecule has 0 spiro atoms. The lowest BCUT2D eigenvalue weighted by molar-refractivity contribution is -0.0152. The summed E-state index contributed by atoms with van der Waals surface area (Å²) in [4.78, 5) is 13.5. The third-order valence-corrected chi connectivity index (χ3v) is 2.77. The molecule has 1 aromatic carbocycles. The van der Waals surface area contributed by atoms with Gasteiger partial charge in [-0.05, 0) is 23.8 Å².